The van der Waals surface area contributed by atoms with Crippen LogP contribution in [-0.4, -0.2) is 44.1 Å². The van der Waals surface area contributed by atoms with E-state index in [1.54, 1.807) is 10.2 Å². The van der Waals surface area contributed by atoms with Gasteiger partial charge in [0.15, 0.2) is 5.69 Å². The highest BCUT2D eigenvalue weighted by Crippen LogP contribution is 2.24. The molecule has 0 unspecified atom stereocenters. The maximum atomic E-state index is 12.7. The van der Waals surface area contributed by atoms with Crippen molar-refractivity contribution in [2.45, 2.75) is 51.1 Å². The SMILES string of the molecule is Cn1nc(C(=O)NC2CCCC2)c2c1CCN(C(=O)Cc1cscn1)C2. The summed E-state index contributed by atoms with van der Waals surface area (Å²) in [6.45, 7) is 1.10. The predicted molar refractivity (Wildman–Crippen MR) is 97.9 cm³/mol. The molecule has 1 fully saturated rings. The summed E-state index contributed by atoms with van der Waals surface area (Å²) in [5.41, 5.74) is 4.96. The van der Waals surface area contributed by atoms with E-state index >= 15 is 0 Å². The fourth-order valence-electron chi connectivity index (χ4n) is 3.90. The van der Waals surface area contributed by atoms with Gasteiger partial charge in [-0.2, -0.15) is 5.10 Å². The average molecular weight is 373 g/mol. The molecule has 1 aliphatic carbocycles. The molecule has 0 spiro atoms. The zero-order valence-corrected chi connectivity index (χ0v) is 15.7. The van der Waals surface area contributed by atoms with Crippen LogP contribution < -0.4 is 5.32 Å². The third kappa shape index (κ3) is 3.38. The highest BCUT2D eigenvalue weighted by molar-refractivity contribution is 7.07. The van der Waals surface area contributed by atoms with Crippen LogP contribution in [0.4, 0.5) is 0 Å². The van der Waals surface area contributed by atoms with Crippen LogP contribution in [0.25, 0.3) is 0 Å². The van der Waals surface area contributed by atoms with Crippen LogP contribution >= 0.6 is 11.3 Å². The molecular weight excluding hydrogens is 350 g/mol. The van der Waals surface area contributed by atoms with Crippen molar-refractivity contribution in [3.63, 3.8) is 0 Å². The standard InChI is InChI=1S/C18H23N5O2S/c1-22-15-6-7-23(16(24)8-13-10-26-11-19-13)9-14(15)17(21-22)18(25)20-12-4-2-3-5-12/h10-12H,2-9H2,1H3,(H,20,25). The first-order valence-electron chi connectivity index (χ1n) is 9.12. The molecule has 7 nitrogen and oxygen atoms in total. The molecule has 2 aromatic heterocycles. The number of aryl methyl sites for hydroxylation is 1. The molecule has 3 heterocycles. The number of carbonyl (C=O) groups excluding carboxylic acids is 2. The highest BCUT2D eigenvalue weighted by atomic mass is 32.1. The Morgan fingerprint density at radius 3 is 2.88 bits per heavy atom. The second-order valence-electron chi connectivity index (χ2n) is 7.07. The summed E-state index contributed by atoms with van der Waals surface area (Å²) in [7, 11) is 1.87. The Labute approximate surface area is 156 Å². The first kappa shape index (κ1) is 17.2. The van der Waals surface area contributed by atoms with E-state index < -0.39 is 0 Å². The maximum Gasteiger partial charge on any atom is 0.272 e. The average Bonchev–Trinajstić information content (AvgIpc) is 3.37. The third-order valence-corrected chi connectivity index (χ3v) is 5.95. The van der Waals surface area contributed by atoms with Crippen molar-refractivity contribution in [1.82, 2.24) is 25.0 Å². The molecule has 0 saturated heterocycles. The molecule has 2 aliphatic rings. The van der Waals surface area contributed by atoms with Crippen LogP contribution in [0, 0.1) is 0 Å². The molecule has 4 rings (SSSR count). The van der Waals surface area contributed by atoms with Crippen molar-refractivity contribution in [1.29, 1.82) is 0 Å². The van der Waals surface area contributed by atoms with Gasteiger partial charge in [0.25, 0.3) is 5.91 Å². The lowest BCUT2D eigenvalue weighted by Crippen LogP contribution is -2.38. The highest BCUT2D eigenvalue weighted by Gasteiger charge is 2.30. The topological polar surface area (TPSA) is 80.1 Å². The zero-order chi connectivity index (χ0) is 18.1. The lowest BCUT2D eigenvalue weighted by atomic mass is 10.0. The number of nitrogens with one attached hydrogen (secondary N) is 1. The van der Waals surface area contributed by atoms with E-state index in [1.165, 1.54) is 24.2 Å². The van der Waals surface area contributed by atoms with E-state index in [0.717, 1.165) is 36.2 Å². The van der Waals surface area contributed by atoms with Crippen LogP contribution in [0.3, 0.4) is 0 Å². The molecular formula is C18H23N5O2S. The molecule has 1 N–H and O–H groups in total. The van der Waals surface area contributed by atoms with Crippen molar-refractivity contribution >= 4 is 23.2 Å². The molecule has 0 atom stereocenters. The van der Waals surface area contributed by atoms with E-state index in [9.17, 15) is 9.59 Å². The molecule has 2 amide bonds. The van der Waals surface area contributed by atoms with Gasteiger partial charge in [-0.15, -0.1) is 11.3 Å². The smallest absolute Gasteiger partial charge is 0.272 e. The quantitative estimate of drug-likeness (QED) is 0.884. The Hall–Kier alpha value is -2.22. The Morgan fingerprint density at radius 1 is 1.35 bits per heavy atom. The monoisotopic (exact) mass is 373 g/mol. The maximum absolute atomic E-state index is 12.7. The molecule has 0 radical (unpaired) electrons. The van der Waals surface area contributed by atoms with Crippen molar-refractivity contribution in [2.75, 3.05) is 6.54 Å². The molecule has 138 valence electrons. The van der Waals surface area contributed by atoms with Crippen molar-refractivity contribution in [2.24, 2.45) is 7.05 Å². The number of aromatic nitrogens is 3. The number of nitrogens with zero attached hydrogens (tertiary/aromatic N) is 4. The first-order valence-corrected chi connectivity index (χ1v) is 10.1. The Kier molecular flexibility index (Phi) is 4.76. The van der Waals surface area contributed by atoms with Gasteiger partial charge < -0.3 is 10.2 Å². The van der Waals surface area contributed by atoms with Crippen LogP contribution in [0.15, 0.2) is 10.9 Å². The predicted octanol–water partition coefficient (Wildman–Crippen LogP) is 1.68. The van der Waals surface area contributed by atoms with Gasteiger partial charge in [-0.3, -0.25) is 14.3 Å². The Balaban J connectivity index is 1.50. The molecule has 1 saturated carbocycles. The van der Waals surface area contributed by atoms with E-state index in [2.05, 4.69) is 15.4 Å². The zero-order valence-electron chi connectivity index (χ0n) is 14.9. The summed E-state index contributed by atoms with van der Waals surface area (Å²) < 4.78 is 1.79. The van der Waals surface area contributed by atoms with Crippen molar-refractivity contribution in [3.05, 3.63) is 33.5 Å². The molecule has 0 aromatic carbocycles. The second kappa shape index (κ2) is 7.19. The Bertz CT molecular complexity index is 808. The fraction of sp³-hybridized carbons (Fsp3) is 0.556. The summed E-state index contributed by atoms with van der Waals surface area (Å²) >= 11 is 1.49. The van der Waals surface area contributed by atoms with Gasteiger partial charge >= 0.3 is 0 Å². The first-order chi connectivity index (χ1) is 12.6. The van der Waals surface area contributed by atoms with Gasteiger partial charge in [-0.1, -0.05) is 12.8 Å². The Morgan fingerprint density at radius 2 is 2.15 bits per heavy atom. The summed E-state index contributed by atoms with van der Waals surface area (Å²) in [5.74, 6) is -0.0601. The van der Waals surface area contributed by atoms with Crippen LogP contribution in [0.2, 0.25) is 0 Å². The van der Waals surface area contributed by atoms with Gasteiger partial charge in [-0.05, 0) is 12.8 Å². The molecule has 26 heavy (non-hydrogen) atoms. The molecule has 8 heteroatoms. The van der Waals surface area contributed by atoms with E-state index in [-0.39, 0.29) is 17.9 Å². The van der Waals surface area contributed by atoms with Crippen molar-refractivity contribution in [3.8, 4) is 0 Å². The lowest BCUT2D eigenvalue weighted by Gasteiger charge is -2.27. The number of carbonyl (C=O) groups is 2. The normalized spacial score (nSPS) is 17.3. The van der Waals surface area contributed by atoms with Gasteiger partial charge in [0.1, 0.15) is 0 Å². The number of amides is 2. The summed E-state index contributed by atoms with van der Waals surface area (Å²) in [4.78, 5) is 31.3. The number of hydrogen-bond donors (Lipinski definition) is 1. The minimum atomic E-state index is -0.109. The van der Waals surface area contributed by atoms with Crippen molar-refractivity contribution < 1.29 is 9.59 Å². The van der Waals surface area contributed by atoms with Gasteiger partial charge in [0.05, 0.1) is 17.6 Å². The molecule has 1 aliphatic heterocycles. The minimum Gasteiger partial charge on any atom is -0.348 e. The van der Waals surface area contributed by atoms with E-state index in [1.807, 2.05) is 17.3 Å². The van der Waals surface area contributed by atoms with Crippen LogP contribution in [0.5, 0.6) is 0 Å². The number of fused-ring (bicyclic) bond motifs is 1. The number of hydrogen-bond acceptors (Lipinski definition) is 5. The summed E-state index contributed by atoms with van der Waals surface area (Å²) in [6.07, 6.45) is 5.45. The second-order valence-corrected chi connectivity index (χ2v) is 7.79. The molecule has 2 aromatic rings. The minimum absolute atomic E-state index is 0.0487. The van der Waals surface area contributed by atoms with Gasteiger partial charge in [0, 0.05) is 49.2 Å². The third-order valence-electron chi connectivity index (χ3n) is 5.32. The van der Waals surface area contributed by atoms with Crippen LogP contribution in [0.1, 0.15) is 53.1 Å². The molecule has 0 bridgehead atoms. The number of rotatable bonds is 4. The van der Waals surface area contributed by atoms with Gasteiger partial charge in [0.2, 0.25) is 5.91 Å². The summed E-state index contributed by atoms with van der Waals surface area (Å²) in [6, 6.07) is 0.256. The van der Waals surface area contributed by atoms with Gasteiger partial charge in [-0.25, -0.2) is 4.98 Å². The number of thiazole rings is 1. The van der Waals surface area contributed by atoms with E-state index in [4.69, 9.17) is 0 Å². The van der Waals surface area contributed by atoms with Crippen LogP contribution in [-0.2, 0) is 31.2 Å². The largest absolute Gasteiger partial charge is 0.348 e. The summed E-state index contributed by atoms with van der Waals surface area (Å²) in [5, 5.41) is 9.47. The fourth-order valence-corrected chi connectivity index (χ4v) is 4.46. The lowest BCUT2D eigenvalue weighted by molar-refractivity contribution is -0.131. The van der Waals surface area contributed by atoms with E-state index in [0.29, 0.717) is 25.2 Å².